The normalized spacial score (nSPS) is 37.0. The molecule has 5 nitrogen and oxygen atoms in total. The summed E-state index contributed by atoms with van der Waals surface area (Å²) in [4.78, 5) is 0. The Labute approximate surface area is 99.0 Å². The lowest BCUT2D eigenvalue weighted by molar-refractivity contribution is -0.201. The van der Waals surface area contributed by atoms with Gasteiger partial charge in [-0.3, -0.25) is 0 Å². The molecule has 0 aromatic heterocycles. The number of rotatable bonds is 1. The van der Waals surface area contributed by atoms with Gasteiger partial charge in [0.25, 0.3) is 20.0 Å². The Bertz CT molecular complexity index is 597. The first kappa shape index (κ1) is 15.3. The summed E-state index contributed by atoms with van der Waals surface area (Å²) < 4.78 is 110. The molecular weight excluding hydrogens is 309 g/mol. The van der Waals surface area contributed by atoms with Gasteiger partial charge in [-0.2, -0.15) is 17.6 Å². The molecule has 0 aromatic carbocycles. The lowest BCUT2D eigenvalue weighted by Crippen LogP contribution is -2.71. The molecule has 0 radical (unpaired) electrons. The van der Waals surface area contributed by atoms with E-state index in [-0.39, 0.29) is 7.05 Å². The maximum Gasteiger partial charge on any atom is 0.426 e. The first-order valence-electron chi connectivity index (χ1n) is 4.03. The SMILES string of the molecule is C=CC1(F)C(F)(F)C(F)(F)S(=O)(=O)N(C)S1(=O)=O. The van der Waals surface area contributed by atoms with Gasteiger partial charge in [-0.15, -0.1) is 0 Å². The van der Waals surface area contributed by atoms with Gasteiger partial charge in [0.05, 0.1) is 0 Å². The first-order chi connectivity index (χ1) is 7.72. The van der Waals surface area contributed by atoms with E-state index in [1.807, 2.05) is 0 Å². The van der Waals surface area contributed by atoms with Crippen LogP contribution in [-0.4, -0.2) is 43.8 Å². The molecule has 12 heteroatoms. The van der Waals surface area contributed by atoms with Crippen molar-refractivity contribution in [2.75, 3.05) is 7.05 Å². The second-order valence-corrected chi connectivity index (χ2v) is 7.66. The molecule has 0 N–H and O–H groups in total. The molecule has 1 aliphatic heterocycles. The van der Waals surface area contributed by atoms with E-state index in [9.17, 15) is 38.8 Å². The lowest BCUT2D eigenvalue weighted by Gasteiger charge is -2.42. The molecule has 1 saturated heterocycles. The molecule has 1 fully saturated rings. The maximum atomic E-state index is 13.7. The fourth-order valence-corrected chi connectivity index (χ4v) is 4.77. The molecule has 1 rings (SSSR count). The van der Waals surface area contributed by atoms with E-state index in [1.54, 1.807) is 0 Å². The van der Waals surface area contributed by atoms with E-state index in [0.717, 1.165) is 0 Å². The lowest BCUT2D eigenvalue weighted by atomic mass is 10.2. The van der Waals surface area contributed by atoms with E-state index < -0.39 is 46.0 Å². The van der Waals surface area contributed by atoms with Crippen LogP contribution in [-0.2, 0) is 20.0 Å². The Morgan fingerprint density at radius 1 is 1.00 bits per heavy atom. The molecule has 1 atom stereocenters. The summed E-state index contributed by atoms with van der Waals surface area (Å²) in [5.74, 6) is -6.01. The van der Waals surface area contributed by atoms with Gasteiger partial charge < -0.3 is 0 Å². The number of hydrogen-bond acceptors (Lipinski definition) is 4. The zero-order valence-electron chi connectivity index (χ0n) is 8.57. The van der Waals surface area contributed by atoms with Crippen molar-refractivity contribution in [3.63, 3.8) is 0 Å². The predicted molar refractivity (Wildman–Crippen MR) is 49.5 cm³/mol. The van der Waals surface area contributed by atoms with Crippen LogP contribution in [0.25, 0.3) is 0 Å². The predicted octanol–water partition coefficient (Wildman–Crippen LogP) is 0.671. The quantitative estimate of drug-likeness (QED) is 0.527. The Hall–Kier alpha value is -0.750. The third-order valence-corrected chi connectivity index (χ3v) is 7.04. The van der Waals surface area contributed by atoms with Crippen molar-refractivity contribution in [2.24, 2.45) is 0 Å². The summed E-state index contributed by atoms with van der Waals surface area (Å²) in [5, 5.41) is -10.9. The second kappa shape index (κ2) is 3.42. The maximum absolute atomic E-state index is 13.7. The van der Waals surface area contributed by atoms with Gasteiger partial charge in [-0.1, -0.05) is 10.3 Å². The van der Waals surface area contributed by atoms with Crippen LogP contribution in [0.4, 0.5) is 22.0 Å². The number of hydrogen-bond donors (Lipinski definition) is 0. The molecule has 0 amide bonds. The largest absolute Gasteiger partial charge is 0.426 e. The molecule has 1 heterocycles. The number of nitrogens with zero attached hydrogens (tertiary/aromatic N) is 1. The summed E-state index contributed by atoms with van der Waals surface area (Å²) >= 11 is 0. The van der Waals surface area contributed by atoms with Crippen LogP contribution >= 0.6 is 0 Å². The number of alkyl halides is 5. The van der Waals surface area contributed by atoms with Crippen molar-refractivity contribution >= 4 is 20.0 Å². The molecule has 0 aromatic rings. The van der Waals surface area contributed by atoms with Crippen LogP contribution in [0.3, 0.4) is 0 Å². The molecule has 1 unspecified atom stereocenters. The molecule has 106 valence electrons. The fraction of sp³-hybridized carbons (Fsp3) is 0.667. The summed E-state index contributed by atoms with van der Waals surface area (Å²) in [6.07, 6.45) is -0.568. The van der Waals surface area contributed by atoms with E-state index >= 15 is 0 Å². The number of halogens is 5. The third kappa shape index (κ3) is 1.23. The topological polar surface area (TPSA) is 71.5 Å². The fourth-order valence-electron chi connectivity index (χ4n) is 1.23. The van der Waals surface area contributed by atoms with Gasteiger partial charge in [0.2, 0.25) is 0 Å². The average Bonchev–Trinajstić information content (AvgIpc) is 2.24. The summed E-state index contributed by atoms with van der Waals surface area (Å²) in [6, 6.07) is 0. The minimum Gasteiger partial charge on any atom is -0.213 e. The van der Waals surface area contributed by atoms with E-state index in [2.05, 4.69) is 6.58 Å². The van der Waals surface area contributed by atoms with Gasteiger partial charge in [0, 0.05) is 7.05 Å². The van der Waals surface area contributed by atoms with Gasteiger partial charge in [-0.05, 0) is 6.08 Å². The van der Waals surface area contributed by atoms with Crippen LogP contribution in [0.5, 0.6) is 0 Å². The molecule has 0 spiro atoms. The zero-order valence-corrected chi connectivity index (χ0v) is 10.2. The van der Waals surface area contributed by atoms with Gasteiger partial charge in [0.1, 0.15) is 0 Å². The summed E-state index contributed by atoms with van der Waals surface area (Å²) in [5.41, 5.74) is 0. The number of sulfonamides is 2. The van der Waals surface area contributed by atoms with Crippen LogP contribution in [0.2, 0.25) is 0 Å². The standard InChI is InChI=1S/C6H6F5NO4S2/c1-3-4(7)5(8,9)6(10,11)18(15,16)12(2)17(4,13)14/h3H,1H2,2H3. The monoisotopic (exact) mass is 315 g/mol. The van der Waals surface area contributed by atoms with Crippen molar-refractivity contribution in [1.82, 2.24) is 3.71 Å². The summed E-state index contributed by atoms with van der Waals surface area (Å²) in [6.45, 7) is 2.41. The highest BCUT2D eigenvalue weighted by Gasteiger charge is 2.85. The first-order valence-corrected chi connectivity index (χ1v) is 6.91. The van der Waals surface area contributed by atoms with Crippen molar-refractivity contribution in [2.45, 2.75) is 16.2 Å². The van der Waals surface area contributed by atoms with Crippen LogP contribution < -0.4 is 0 Å². The molecular formula is C6H6F5NO4S2. The van der Waals surface area contributed by atoms with Crippen LogP contribution in [0, 0.1) is 0 Å². The van der Waals surface area contributed by atoms with Crippen molar-refractivity contribution in [3.05, 3.63) is 12.7 Å². The van der Waals surface area contributed by atoms with Gasteiger partial charge >= 0.3 is 16.2 Å². The minimum atomic E-state index is -6.26. The highest BCUT2D eigenvalue weighted by Crippen LogP contribution is 2.56. The Balaban J connectivity index is 3.90. The zero-order chi connectivity index (χ0) is 14.8. The van der Waals surface area contributed by atoms with Gasteiger partial charge in [0.15, 0.2) is 0 Å². The van der Waals surface area contributed by atoms with E-state index in [0.29, 0.717) is 0 Å². The Morgan fingerprint density at radius 2 is 1.39 bits per heavy atom. The van der Waals surface area contributed by atoms with E-state index in [4.69, 9.17) is 0 Å². The van der Waals surface area contributed by atoms with Crippen molar-refractivity contribution in [3.8, 4) is 0 Å². The molecule has 18 heavy (non-hydrogen) atoms. The minimum absolute atomic E-state index is 0.0334. The van der Waals surface area contributed by atoms with Crippen LogP contribution in [0.1, 0.15) is 0 Å². The van der Waals surface area contributed by atoms with Gasteiger partial charge in [-0.25, -0.2) is 21.2 Å². The van der Waals surface area contributed by atoms with Crippen LogP contribution in [0.15, 0.2) is 12.7 Å². The summed E-state index contributed by atoms with van der Waals surface area (Å²) in [7, 11) is -12.1. The molecule has 1 aliphatic rings. The Kier molecular flexibility index (Phi) is 2.91. The molecule has 0 aliphatic carbocycles. The third-order valence-electron chi connectivity index (χ3n) is 2.43. The van der Waals surface area contributed by atoms with E-state index in [1.165, 1.54) is 0 Å². The Morgan fingerprint density at radius 3 is 1.72 bits per heavy atom. The highest BCUT2D eigenvalue weighted by molar-refractivity contribution is 8.06. The van der Waals surface area contributed by atoms with Crippen molar-refractivity contribution < 1.29 is 38.8 Å². The molecule has 0 saturated carbocycles. The van der Waals surface area contributed by atoms with Crippen molar-refractivity contribution in [1.29, 1.82) is 0 Å². The molecule has 0 bridgehead atoms. The second-order valence-electron chi connectivity index (χ2n) is 3.33. The highest BCUT2D eigenvalue weighted by atomic mass is 32.3. The smallest absolute Gasteiger partial charge is 0.213 e. The average molecular weight is 315 g/mol.